The molecule has 1 unspecified atom stereocenters. The monoisotopic (exact) mass is 266 g/mol. The summed E-state index contributed by atoms with van der Waals surface area (Å²) in [5.74, 6) is -1.73. The SMILES string of the molecule is Cc1ccc(C(=O)N2CCOCC2C(=O)O)c(=O)[nH]1. The first kappa shape index (κ1) is 13.3. The van der Waals surface area contributed by atoms with E-state index in [1.807, 2.05) is 0 Å². The zero-order valence-electron chi connectivity index (χ0n) is 10.4. The molecule has 0 spiro atoms. The third kappa shape index (κ3) is 2.65. The summed E-state index contributed by atoms with van der Waals surface area (Å²) >= 11 is 0. The highest BCUT2D eigenvalue weighted by Crippen LogP contribution is 2.11. The molecule has 1 aliphatic rings. The second-order valence-electron chi connectivity index (χ2n) is 4.31. The molecule has 102 valence electrons. The van der Waals surface area contributed by atoms with Gasteiger partial charge in [0, 0.05) is 12.2 Å². The van der Waals surface area contributed by atoms with Crippen molar-refractivity contribution in [3.63, 3.8) is 0 Å². The fourth-order valence-corrected chi connectivity index (χ4v) is 1.95. The highest BCUT2D eigenvalue weighted by molar-refractivity contribution is 5.96. The number of carbonyl (C=O) groups is 2. The van der Waals surface area contributed by atoms with Gasteiger partial charge in [0.05, 0.1) is 13.2 Å². The molecule has 1 aliphatic heterocycles. The zero-order chi connectivity index (χ0) is 14.0. The normalized spacial score (nSPS) is 19.2. The molecule has 0 radical (unpaired) electrons. The molecule has 0 aliphatic carbocycles. The highest BCUT2D eigenvalue weighted by Gasteiger charge is 2.34. The lowest BCUT2D eigenvalue weighted by Crippen LogP contribution is -2.53. The van der Waals surface area contributed by atoms with E-state index in [1.54, 1.807) is 13.0 Å². The largest absolute Gasteiger partial charge is 0.480 e. The van der Waals surface area contributed by atoms with E-state index in [0.717, 1.165) is 4.90 Å². The Hall–Kier alpha value is -2.15. The number of hydrogen-bond donors (Lipinski definition) is 2. The summed E-state index contributed by atoms with van der Waals surface area (Å²) in [6, 6.07) is 1.96. The molecule has 1 saturated heterocycles. The number of morpholine rings is 1. The lowest BCUT2D eigenvalue weighted by atomic mass is 10.1. The summed E-state index contributed by atoms with van der Waals surface area (Å²) in [7, 11) is 0. The number of hydrogen-bond acceptors (Lipinski definition) is 4. The first-order valence-corrected chi connectivity index (χ1v) is 5.82. The molecule has 2 heterocycles. The topological polar surface area (TPSA) is 99.7 Å². The molecule has 0 bridgehead atoms. The lowest BCUT2D eigenvalue weighted by Gasteiger charge is -2.32. The number of rotatable bonds is 2. The van der Waals surface area contributed by atoms with E-state index in [0.29, 0.717) is 5.69 Å². The van der Waals surface area contributed by atoms with Crippen molar-refractivity contribution in [3.8, 4) is 0 Å². The Morgan fingerprint density at radius 1 is 1.47 bits per heavy atom. The smallest absolute Gasteiger partial charge is 0.328 e. The molecule has 2 rings (SSSR count). The van der Waals surface area contributed by atoms with Gasteiger partial charge in [0.15, 0.2) is 6.04 Å². The fraction of sp³-hybridized carbons (Fsp3) is 0.417. The number of carboxylic acids is 1. The first-order chi connectivity index (χ1) is 9.00. The van der Waals surface area contributed by atoms with Crippen LogP contribution in [0.15, 0.2) is 16.9 Å². The van der Waals surface area contributed by atoms with Crippen LogP contribution in [0.3, 0.4) is 0 Å². The molecule has 1 fully saturated rings. The molecular formula is C12H14N2O5. The summed E-state index contributed by atoms with van der Waals surface area (Å²) in [6.07, 6.45) is 0. The minimum atomic E-state index is -1.14. The van der Waals surface area contributed by atoms with Gasteiger partial charge in [0.1, 0.15) is 5.56 Å². The van der Waals surface area contributed by atoms with E-state index in [1.165, 1.54) is 6.07 Å². The van der Waals surface area contributed by atoms with E-state index < -0.39 is 23.5 Å². The maximum atomic E-state index is 12.2. The van der Waals surface area contributed by atoms with Crippen molar-refractivity contribution < 1.29 is 19.4 Å². The van der Waals surface area contributed by atoms with Crippen molar-refractivity contribution in [1.29, 1.82) is 0 Å². The van der Waals surface area contributed by atoms with Crippen molar-refractivity contribution in [2.45, 2.75) is 13.0 Å². The Labute approximate surface area is 108 Å². The van der Waals surface area contributed by atoms with E-state index in [2.05, 4.69) is 4.98 Å². The van der Waals surface area contributed by atoms with Gasteiger partial charge >= 0.3 is 5.97 Å². The molecule has 1 aromatic heterocycles. The quantitative estimate of drug-likeness (QED) is 0.759. The molecule has 19 heavy (non-hydrogen) atoms. The van der Waals surface area contributed by atoms with Gasteiger partial charge in [0.2, 0.25) is 0 Å². The number of nitrogens with zero attached hydrogens (tertiary/aromatic N) is 1. The number of carboxylic acid groups (broad SMARTS) is 1. The molecule has 7 heteroatoms. The third-order valence-corrected chi connectivity index (χ3v) is 2.96. The summed E-state index contributed by atoms with van der Waals surface area (Å²) < 4.78 is 5.05. The Morgan fingerprint density at radius 2 is 2.21 bits per heavy atom. The van der Waals surface area contributed by atoms with E-state index in [4.69, 9.17) is 9.84 Å². The number of aliphatic carboxylic acids is 1. The number of carbonyl (C=O) groups excluding carboxylic acids is 1. The molecule has 7 nitrogen and oxygen atoms in total. The standard InChI is InChI=1S/C12H14N2O5/c1-7-2-3-8(10(15)13-7)11(16)14-4-5-19-6-9(14)12(17)18/h2-3,9H,4-6H2,1H3,(H,13,15)(H,17,18). The molecule has 2 N–H and O–H groups in total. The number of amides is 1. The summed E-state index contributed by atoms with van der Waals surface area (Å²) in [4.78, 5) is 38.7. The van der Waals surface area contributed by atoms with Crippen LogP contribution in [-0.4, -0.2) is 52.7 Å². The number of aryl methyl sites for hydroxylation is 1. The second kappa shape index (κ2) is 5.23. The van der Waals surface area contributed by atoms with Crippen molar-refractivity contribution >= 4 is 11.9 Å². The van der Waals surface area contributed by atoms with E-state index in [9.17, 15) is 14.4 Å². The minimum absolute atomic E-state index is 0.0567. The molecule has 1 atom stereocenters. The molecule has 0 saturated carbocycles. The van der Waals surface area contributed by atoms with Crippen LogP contribution in [0.2, 0.25) is 0 Å². The number of pyridine rings is 1. The van der Waals surface area contributed by atoms with Crippen LogP contribution in [0.25, 0.3) is 0 Å². The zero-order valence-corrected chi connectivity index (χ0v) is 10.4. The number of aromatic amines is 1. The molecular weight excluding hydrogens is 252 g/mol. The molecule has 0 aromatic carbocycles. The van der Waals surface area contributed by atoms with Crippen LogP contribution < -0.4 is 5.56 Å². The maximum absolute atomic E-state index is 12.2. The lowest BCUT2D eigenvalue weighted by molar-refractivity contribution is -0.147. The maximum Gasteiger partial charge on any atom is 0.328 e. The van der Waals surface area contributed by atoms with Gasteiger partial charge in [-0.05, 0) is 19.1 Å². The average molecular weight is 266 g/mol. The first-order valence-electron chi connectivity index (χ1n) is 5.82. The summed E-state index contributed by atoms with van der Waals surface area (Å²) in [5, 5.41) is 9.06. The van der Waals surface area contributed by atoms with Gasteiger partial charge in [0.25, 0.3) is 11.5 Å². The fourth-order valence-electron chi connectivity index (χ4n) is 1.95. The van der Waals surface area contributed by atoms with Crippen molar-refractivity contribution in [3.05, 3.63) is 33.7 Å². The predicted molar refractivity (Wildman–Crippen MR) is 65.1 cm³/mol. The summed E-state index contributed by atoms with van der Waals surface area (Å²) in [6.45, 7) is 2.05. The number of nitrogens with one attached hydrogen (secondary N) is 1. The number of aromatic nitrogens is 1. The van der Waals surface area contributed by atoms with Crippen molar-refractivity contribution in [1.82, 2.24) is 9.88 Å². The Balaban J connectivity index is 2.31. The predicted octanol–water partition coefficient (Wildman–Crippen LogP) is -0.391. The Kier molecular flexibility index (Phi) is 3.66. The van der Waals surface area contributed by atoms with Crippen LogP contribution >= 0.6 is 0 Å². The van der Waals surface area contributed by atoms with Gasteiger partial charge in [-0.25, -0.2) is 4.79 Å². The Morgan fingerprint density at radius 3 is 2.84 bits per heavy atom. The third-order valence-electron chi connectivity index (χ3n) is 2.96. The van der Waals surface area contributed by atoms with Gasteiger partial charge in [-0.1, -0.05) is 0 Å². The average Bonchev–Trinajstić information content (AvgIpc) is 2.38. The van der Waals surface area contributed by atoms with Crippen LogP contribution in [0, 0.1) is 6.92 Å². The highest BCUT2D eigenvalue weighted by atomic mass is 16.5. The minimum Gasteiger partial charge on any atom is -0.480 e. The van der Waals surface area contributed by atoms with Crippen LogP contribution in [0.5, 0.6) is 0 Å². The second-order valence-corrected chi connectivity index (χ2v) is 4.31. The summed E-state index contributed by atoms with van der Waals surface area (Å²) in [5.41, 5.74) is 0.0673. The van der Waals surface area contributed by atoms with Crippen LogP contribution in [0.1, 0.15) is 16.1 Å². The van der Waals surface area contributed by atoms with Crippen LogP contribution in [0.4, 0.5) is 0 Å². The van der Waals surface area contributed by atoms with Gasteiger partial charge in [-0.15, -0.1) is 0 Å². The van der Waals surface area contributed by atoms with Gasteiger partial charge in [-0.3, -0.25) is 9.59 Å². The van der Waals surface area contributed by atoms with Crippen molar-refractivity contribution in [2.75, 3.05) is 19.8 Å². The molecule has 1 amide bonds. The number of ether oxygens (including phenoxy) is 1. The van der Waals surface area contributed by atoms with Gasteiger partial charge < -0.3 is 19.7 Å². The van der Waals surface area contributed by atoms with Gasteiger partial charge in [-0.2, -0.15) is 0 Å². The number of H-pyrrole nitrogens is 1. The van der Waals surface area contributed by atoms with E-state index >= 15 is 0 Å². The van der Waals surface area contributed by atoms with Crippen LogP contribution in [-0.2, 0) is 9.53 Å². The van der Waals surface area contributed by atoms with E-state index in [-0.39, 0.29) is 25.3 Å². The Bertz CT molecular complexity index is 565. The molecule has 1 aromatic rings. The van der Waals surface area contributed by atoms with Crippen molar-refractivity contribution in [2.24, 2.45) is 0 Å².